The molecule has 1 aliphatic heterocycles. The summed E-state index contributed by atoms with van der Waals surface area (Å²) in [6.45, 7) is 6.02. The first-order chi connectivity index (χ1) is 11.2. The van der Waals surface area contributed by atoms with E-state index in [4.69, 9.17) is 5.11 Å². The van der Waals surface area contributed by atoms with Crippen LogP contribution in [0.5, 0.6) is 0 Å². The van der Waals surface area contributed by atoms with E-state index >= 15 is 0 Å². The number of benzene rings is 1. The molecule has 6 heteroatoms. The van der Waals surface area contributed by atoms with Crippen LogP contribution < -0.4 is 5.32 Å². The average Bonchev–Trinajstić information content (AvgIpc) is 2.88. The number of hydrogen-bond donors (Lipinski definition) is 2. The molecule has 0 aliphatic carbocycles. The van der Waals surface area contributed by atoms with Crippen molar-refractivity contribution >= 4 is 17.8 Å². The van der Waals surface area contributed by atoms with Crippen molar-refractivity contribution in [3.05, 3.63) is 35.4 Å². The quantitative estimate of drug-likeness (QED) is 0.828. The van der Waals surface area contributed by atoms with Crippen molar-refractivity contribution in [1.29, 1.82) is 0 Å². The normalized spacial score (nSPS) is 17.9. The Morgan fingerprint density at radius 2 is 1.92 bits per heavy atom. The van der Waals surface area contributed by atoms with E-state index in [1.165, 1.54) is 0 Å². The number of aliphatic carboxylic acids is 1. The van der Waals surface area contributed by atoms with Gasteiger partial charge in [-0.05, 0) is 26.3 Å². The monoisotopic (exact) mass is 332 g/mol. The molecule has 2 rings (SSSR count). The molecule has 0 bridgehead atoms. The molecular weight excluding hydrogens is 308 g/mol. The summed E-state index contributed by atoms with van der Waals surface area (Å²) in [6.07, 6.45) is 0.172. The van der Waals surface area contributed by atoms with Gasteiger partial charge in [0.15, 0.2) is 0 Å². The van der Waals surface area contributed by atoms with Crippen LogP contribution in [0, 0.1) is 18.3 Å². The maximum absolute atomic E-state index is 12.2. The van der Waals surface area contributed by atoms with Gasteiger partial charge in [-0.3, -0.25) is 14.4 Å². The van der Waals surface area contributed by atoms with Gasteiger partial charge in [0.2, 0.25) is 11.8 Å². The third-order valence-corrected chi connectivity index (χ3v) is 4.36. The van der Waals surface area contributed by atoms with Crippen molar-refractivity contribution in [2.45, 2.75) is 33.7 Å². The Morgan fingerprint density at radius 3 is 2.50 bits per heavy atom. The SMILES string of the molecule is Cc1ccc(CN2C[C@H](C(=O)NCC(C)(C)C(=O)O)CC2=O)cc1. The van der Waals surface area contributed by atoms with Crippen LogP contribution in [-0.2, 0) is 20.9 Å². The smallest absolute Gasteiger partial charge is 0.310 e. The van der Waals surface area contributed by atoms with Crippen LogP contribution in [0.3, 0.4) is 0 Å². The van der Waals surface area contributed by atoms with Crippen LogP contribution in [0.15, 0.2) is 24.3 Å². The number of carboxylic acid groups (broad SMARTS) is 1. The Bertz CT molecular complexity index is 637. The summed E-state index contributed by atoms with van der Waals surface area (Å²) in [6, 6.07) is 7.94. The first kappa shape index (κ1) is 18.0. The van der Waals surface area contributed by atoms with Gasteiger partial charge in [0, 0.05) is 26.1 Å². The highest BCUT2D eigenvalue weighted by atomic mass is 16.4. The first-order valence-electron chi connectivity index (χ1n) is 8.03. The third-order valence-electron chi connectivity index (χ3n) is 4.36. The highest BCUT2D eigenvalue weighted by molar-refractivity contribution is 5.89. The Kier molecular flexibility index (Phi) is 5.26. The molecule has 0 saturated carbocycles. The predicted octanol–water partition coefficient (Wildman–Crippen LogP) is 1.57. The highest BCUT2D eigenvalue weighted by Gasteiger charge is 2.35. The number of aryl methyl sites for hydroxylation is 1. The summed E-state index contributed by atoms with van der Waals surface area (Å²) >= 11 is 0. The molecule has 1 aliphatic rings. The summed E-state index contributed by atoms with van der Waals surface area (Å²) in [5.41, 5.74) is 1.16. The van der Waals surface area contributed by atoms with Gasteiger partial charge in [-0.1, -0.05) is 29.8 Å². The lowest BCUT2D eigenvalue weighted by Gasteiger charge is -2.21. The lowest BCUT2D eigenvalue weighted by atomic mass is 9.93. The lowest BCUT2D eigenvalue weighted by molar-refractivity contribution is -0.147. The second-order valence-electron chi connectivity index (χ2n) is 7.07. The van der Waals surface area contributed by atoms with Crippen molar-refractivity contribution in [2.75, 3.05) is 13.1 Å². The van der Waals surface area contributed by atoms with Gasteiger partial charge in [0.1, 0.15) is 0 Å². The highest BCUT2D eigenvalue weighted by Crippen LogP contribution is 2.21. The molecular formula is C18H24N2O4. The number of hydrogen-bond acceptors (Lipinski definition) is 3. The molecule has 24 heavy (non-hydrogen) atoms. The van der Waals surface area contributed by atoms with E-state index in [0.29, 0.717) is 13.1 Å². The fraction of sp³-hybridized carbons (Fsp3) is 0.500. The molecule has 1 atom stereocenters. The Balaban J connectivity index is 1.90. The molecule has 130 valence electrons. The van der Waals surface area contributed by atoms with Gasteiger partial charge in [0.05, 0.1) is 11.3 Å². The topological polar surface area (TPSA) is 86.7 Å². The second kappa shape index (κ2) is 7.03. The minimum absolute atomic E-state index is 0.0455. The Morgan fingerprint density at radius 1 is 1.29 bits per heavy atom. The molecule has 0 spiro atoms. The second-order valence-corrected chi connectivity index (χ2v) is 7.07. The lowest BCUT2D eigenvalue weighted by Crippen LogP contribution is -2.41. The molecule has 2 N–H and O–H groups in total. The van der Waals surface area contributed by atoms with Crippen molar-refractivity contribution in [3.8, 4) is 0 Å². The van der Waals surface area contributed by atoms with Crippen LogP contribution in [0.1, 0.15) is 31.4 Å². The van der Waals surface area contributed by atoms with Crippen LogP contribution in [0.2, 0.25) is 0 Å². The first-order valence-corrected chi connectivity index (χ1v) is 8.03. The van der Waals surface area contributed by atoms with Crippen molar-refractivity contribution in [3.63, 3.8) is 0 Å². The maximum atomic E-state index is 12.2. The van der Waals surface area contributed by atoms with Crippen LogP contribution in [0.4, 0.5) is 0 Å². The number of likely N-dealkylation sites (tertiary alicyclic amines) is 1. The molecule has 1 aromatic carbocycles. The predicted molar refractivity (Wildman–Crippen MR) is 89.1 cm³/mol. The average molecular weight is 332 g/mol. The van der Waals surface area contributed by atoms with Crippen molar-refractivity contribution < 1.29 is 19.5 Å². The zero-order chi connectivity index (χ0) is 17.9. The summed E-state index contributed by atoms with van der Waals surface area (Å²) in [4.78, 5) is 37.1. The Labute approximate surface area is 141 Å². The van der Waals surface area contributed by atoms with E-state index in [1.54, 1.807) is 18.7 Å². The number of carbonyl (C=O) groups is 3. The Hall–Kier alpha value is -2.37. The van der Waals surface area contributed by atoms with Crippen molar-refractivity contribution in [2.24, 2.45) is 11.3 Å². The summed E-state index contributed by atoms with van der Waals surface area (Å²) in [5.74, 6) is -1.70. The molecule has 1 heterocycles. The van der Waals surface area contributed by atoms with Gasteiger partial charge in [0.25, 0.3) is 0 Å². The minimum Gasteiger partial charge on any atom is -0.481 e. The van der Waals surface area contributed by atoms with E-state index in [1.807, 2.05) is 31.2 Å². The van der Waals surface area contributed by atoms with E-state index in [0.717, 1.165) is 11.1 Å². The zero-order valence-corrected chi connectivity index (χ0v) is 14.3. The molecule has 6 nitrogen and oxygen atoms in total. The fourth-order valence-electron chi connectivity index (χ4n) is 2.54. The van der Waals surface area contributed by atoms with Crippen LogP contribution in [0.25, 0.3) is 0 Å². The van der Waals surface area contributed by atoms with E-state index in [9.17, 15) is 14.4 Å². The molecule has 0 unspecified atom stereocenters. The molecule has 0 aromatic heterocycles. The number of carboxylic acids is 1. The minimum atomic E-state index is -1.03. The molecule has 1 fully saturated rings. The number of nitrogens with zero attached hydrogens (tertiary/aromatic N) is 1. The van der Waals surface area contributed by atoms with E-state index in [-0.39, 0.29) is 24.8 Å². The van der Waals surface area contributed by atoms with Gasteiger partial charge >= 0.3 is 5.97 Å². The standard InChI is InChI=1S/C18H24N2O4/c1-12-4-6-13(7-5-12)9-20-10-14(8-15(20)21)16(22)19-11-18(2,3)17(23)24/h4-7,14H,8-11H2,1-3H3,(H,19,22)(H,23,24)/t14-/m1/s1. The van der Waals surface area contributed by atoms with E-state index < -0.39 is 17.3 Å². The molecule has 1 aromatic rings. The van der Waals surface area contributed by atoms with Gasteiger partial charge in [-0.25, -0.2) is 0 Å². The third kappa shape index (κ3) is 4.34. The van der Waals surface area contributed by atoms with Gasteiger partial charge < -0.3 is 15.3 Å². The van der Waals surface area contributed by atoms with Gasteiger partial charge in [-0.15, -0.1) is 0 Å². The largest absolute Gasteiger partial charge is 0.481 e. The number of rotatable bonds is 6. The summed E-state index contributed by atoms with van der Waals surface area (Å²) < 4.78 is 0. The maximum Gasteiger partial charge on any atom is 0.310 e. The van der Waals surface area contributed by atoms with Crippen LogP contribution >= 0.6 is 0 Å². The van der Waals surface area contributed by atoms with E-state index in [2.05, 4.69) is 5.32 Å². The number of nitrogens with one attached hydrogen (secondary N) is 1. The zero-order valence-electron chi connectivity index (χ0n) is 14.3. The molecule has 0 radical (unpaired) electrons. The molecule has 2 amide bonds. The van der Waals surface area contributed by atoms with Crippen LogP contribution in [-0.4, -0.2) is 40.9 Å². The van der Waals surface area contributed by atoms with Gasteiger partial charge in [-0.2, -0.15) is 0 Å². The number of carbonyl (C=O) groups excluding carboxylic acids is 2. The summed E-state index contributed by atoms with van der Waals surface area (Å²) in [7, 11) is 0. The van der Waals surface area contributed by atoms with Crippen molar-refractivity contribution in [1.82, 2.24) is 10.2 Å². The molecule has 1 saturated heterocycles. The summed E-state index contributed by atoms with van der Waals surface area (Å²) in [5, 5.41) is 11.7. The fourth-order valence-corrected chi connectivity index (χ4v) is 2.54. The number of amides is 2.